The molecule has 1 saturated heterocycles. The monoisotopic (exact) mass is 346 g/mol. The predicted molar refractivity (Wildman–Crippen MR) is 90.7 cm³/mol. The van der Waals surface area contributed by atoms with Crippen LogP contribution in [0.2, 0.25) is 0 Å². The summed E-state index contributed by atoms with van der Waals surface area (Å²) < 4.78 is 27.3. The fourth-order valence-corrected chi connectivity index (χ4v) is 3.62. The normalized spacial score (nSPS) is 14.6. The number of hydrogen-bond donors (Lipinski definition) is 1. The zero-order valence-electron chi connectivity index (χ0n) is 13.3. The maximum absolute atomic E-state index is 12.4. The molecule has 1 aromatic heterocycles. The third kappa shape index (κ3) is 3.53. The summed E-state index contributed by atoms with van der Waals surface area (Å²) in [7, 11) is -3.80. The molecule has 0 spiro atoms. The smallest absolute Gasteiger partial charge is 0.262 e. The minimum Gasteiger partial charge on any atom is -0.341 e. The van der Waals surface area contributed by atoms with Crippen LogP contribution in [0.3, 0.4) is 0 Å². The Morgan fingerprint density at radius 1 is 1.17 bits per heavy atom. The zero-order chi connectivity index (χ0) is 17.2. The van der Waals surface area contributed by atoms with Crippen molar-refractivity contribution in [3.8, 4) is 0 Å². The third-order valence-corrected chi connectivity index (χ3v) is 5.21. The second-order valence-corrected chi connectivity index (χ2v) is 7.34. The van der Waals surface area contributed by atoms with Crippen molar-refractivity contribution in [3.05, 3.63) is 42.2 Å². The number of sulfonamides is 1. The van der Waals surface area contributed by atoms with Crippen LogP contribution in [-0.2, 0) is 10.0 Å². The molecule has 3 rings (SSSR count). The maximum Gasteiger partial charge on any atom is 0.262 e. The lowest BCUT2D eigenvalue weighted by atomic mass is 10.2. The standard InChI is InChI=1S/C16H18N4O3S/c1-12(21)13-5-4-6-15(9-13)24(22,23)19-14-10-17-16(18-11-14)20-7-2-3-8-20/h4-6,9-11,19H,2-3,7-8H2,1H3. The molecule has 126 valence electrons. The van der Waals surface area contributed by atoms with Gasteiger partial charge in [-0.2, -0.15) is 0 Å². The molecule has 0 saturated carbocycles. The second-order valence-electron chi connectivity index (χ2n) is 5.66. The van der Waals surface area contributed by atoms with Crippen LogP contribution in [0.4, 0.5) is 11.6 Å². The van der Waals surface area contributed by atoms with Crippen LogP contribution < -0.4 is 9.62 Å². The van der Waals surface area contributed by atoms with E-state index in [1.165, 1.54) is 37.5 Å². The van der Waals surface area contributed by atoms with Crippen molar-refractivity contribution in [1.82, 2.24) is 9.97 Å². The van der Waals surface area contributed by atoms with E-state index in [1.54, 1.807) is 6.07 Å². The number of nitrogens with one attached hydrogen (secondary N) is 1. The van der Waals surface area contributed by atoms with Crippen LogP contribution in [0.25, 0.3) is 0 Å². The number of carbonyl (C=O) groups is 1. The van der Waals surface area contributed by atoms with Gasteiger partial charge in [-0.3, -0.25) is 9.52 Å². The summed E-state index contributed by atoms with van der Waals surface area (Å²) in [6.07, 6.45) is 5.13. The molecule has 7 nitrogen and oxygen atoms in total. The van der Waals surface area contributed by atoms with Crippen molar-refractivity contribution in [2.75, 3.05) is 22.7 Å². The minimum atomic E-state index is -3.80. The number of anilines is 2. The Hall–Kier alpha value is -2.48. The molecule has 1 aliphatic heterocycles. The number of rotatable bonds is 5. The lowest BCUT2D eigenvalue weighted by Gasteiger charge is -2.15. The van der Waals surface area contributed by atoms with E-state index in [0.717, 1.165) is 25.9 Å². The first kappa shape index (κ1) is 16.4. The van der Waals surface area contributed by atoms with Crippen LogP contribution in [0.15, 0.2) is 41.6 Å². The summed E-state index contributed by atoms with van der Waals surface area (Å²) >= 11 is 0. The fourth-order valence-electron chi connectivity index (χ4n) is 2.55. The van der Waals surface area contributed by atoms with Gasteiger partial charge in [0.05, 0.1) is 23.0 Å². The Kier molecular flexibility index (Phi) is 4.48. The van der Waals surface area contributed by atoms with Crippen molar-refractivity contribution in [3.63, 3.8) is 0 Å². The van der Waals surface area contributed by atoms with Crippen molar-refractivity contribution < 1.29 is 13.2 Å². The third-order valence-electron chi connectivity index (χ3n) is 3.83. The van der Waals surface area contributed by atoms with Gasteiger partial charge in [-0.25, -0.2) is 18.4 Å². The largest absolute Gasteiger partial charge is 0.341 e. The van der Waals surface area contributed by atoms with Crippen LogP contribution in [0.1, 0.15) is 30.1 Å². The summed E-state index contributed by atoms with van der Waals surface area (Å²) in [5.74, 6) is 0.416. The molecule has 1 aliphatic rings. The molecule has 8 heteroatoms. The van der Waals surface area contributed by atoms with Gasteiger partial charge in [0.2, 0.25) is 5.95 Å². The van der Waals surface area contributed by atoms with Gasteiger partial charge in [-0.15, -0.1) is 0 Å². The van der Waals surface area contributed by atoms with Gasteiger partial charge < -0.3 is 4.90 Å². The van der Waals surface area contributed by atoms with Crippen molar-refractivity contribution in [2.45, 2.75) is 24.7 Å². The van der Waals surface area contributed by atoms with E-state index in [4.69, 9.17) is 0 Å². The molecule has 0 radical (unpaired) electrons. The molecule has 1 fully saturated rings. The second kappa shape index (κ2) is 6.56. The van der Waals surface area contributed by atoms with Crippen LogP contribution >= 0.6 is 0 Å². The van der Waals surface area contributed by atoms with E-state index in [-0.39, 0.29) is 16.4 Å². The highest BCUT2D eigenvalue weighted by atomic mass is 32.2. The lowest BCUT2D eigenvalue weighted by Crippen LogP contribution is -2.20. The first-order valence-corrected chi connectivity index (χ1v) is 9.15. The van der Waals surface area contributed by atoms with Gasteiger partial charge in [0.1, 0.15) is 0 Å². The minimum absolute atomic E-state index is 0.0267. The number of Topliss-reactive ketones (excluding diaryl/α,β-unsaturated/α-hetero) is 1. The van der Waals surface area contributed by atoms with E-state index in [0.29, 0.717) is 11.5 Å². The molecule has 0 aliphatic carbocycles. The molecule has 0 amide bonds. The number of ketones is 1. The average Bonchev–Trinajstić information content (AvgIpc) is 3.10. The molecular formula is C16H18N4O3S. The summed E-state index contributed by atoms with van der Waals surface area (Å²) in [6, 6.07) is 5.91. The Morgan fingerprint density at radius 3 is 2.46 bits per heavy atom. The Morgan fingerprint density at radius 2 is 1.83 bits per heavy atom. The highest BCUT2D eigenvalue weighted by Crippen LogP contribution is 2.19. The zero-order valence-corrected chi connectivity index (χ0v) is 14.1. The number of benzene rings is 1. The fraction of sp³-hybridized carbons (Fsp3) is 0.312. The maximum atomic E-state index is 12.4. The van der Waals surface area contributed by atoms with Crippen molar-refractivity contribution >= 4 is 27.4 Å². The Labute approximate surface area is 140 Å². The lowest BCUT2D eigenvalue weighted by molar-refractivity contribution is 0.101. The van der Waals surface area contributed by atoms with Crippen molar-refractivity contribution in [1.29, 1.82) is 0 Å². The summed E-state index contributed by atoms with van der Waals surface area (Å²) in [6.45, 7) is 3.23. The molecule has 2 heterocycles. The number of carbonyl (C=O) groups excluding carboxylic acids is 1. The molecule has 0 bridgehead atoms. The SMILES string of the molecule is CC(=O)c1cccc(S(=O)(=O)Nc2cnc(N3CCCC3)nc2)c1. The average molecular weight is 346 g/mol. The highest BCUT2D eigenvalue weighted by Gasteiger charge is 2.18. The van der Waals surface area contributed by atoms with Crippen LogP contribution in [0.5, 0.6) is 0 Å². The Balaban J connectivity index is 1.79. The van der Waals surface area contributed by atoms with Gasteiger partial charge in [0, 0.05) is 18.7 Å². The number of aromatic nitrogens is 2. The molecule has 2 aromatic rings. The first-order valence-electron chi connectivity index (χ1n) is 7.66. The van der Waals surface area contributed by atoms with Gasteiger partial charge in [0.25, 0.3) is 10.0 Å². The molecule has 1 aromatic carbocycles. The molecule has 1 N–H and O–H groups in total. The molecule has 0 unspecified atom stereocenters. The summed E-state index contributed by atoms with van der Waals surface area (Å²) in [4.78, 5) is 21.9. The molecule has 0 atom stereocenters. The molecule has 24 heavy (non-hydrogen) atoms. The summed E-state index contributed by atoms with van der Waals surface area (Å²) in [5, 5.41) is 0. The predicted octanol–water partition coefficient (Wildman–Crippen LogP) is 2.08. The van der Waals surface area contributed by atoms with Crippen molar-refractivity contribution in [2.24, 2.45) is 0 Å². The van der Waals surface area contributed by atoms with E-state index < -0.39 is 10.0 Å². The van der Waals surface area contributed by atoms with Crippen LogP contribution in [0, 0.1) is 0 Å². The van der Waals surface area contributed by atoms with E-state index in [1.807, 2.05) is 0 Å². The van der Waals surface area contributed by atoms with Crippen LogP contribution in [-0.4, -0.2) is 37.3 Å². The van der Waals surface area contributed by atoms with E-state index in [2.05, 4.69) is 19.6 Å². The molecular weight excluding hydrogens is 328 g/mol. The first-order chi connectivity index (χ1) is 11.5. The van der Waals surface area contributed by atoms with Gasteiger partial charge in [-0.1, -0.05) is 12.1 Å². The van der Waals surface area contributed by atoms with Gasteiger partial charge in [0.15, 0.2) is 5.78 Å². The van der Waals surface area contributed by atoms with Gasteiger partial charge in [-0.05, 0) is 31.9 Å². The van der Waals surface area contributed by atoms with E-state index >= 15 is 0 Å². The Bertz CT molecular complexity index is 844. The van der Waals surface area contributed by atoms with E-state index in [9.17, 15) is 13.2 Å². The number of nitrogens with zero attached hydrogens (tertiary/aromatic N) is 3. The topological polar surface area (TPSA) is 92.3 Å². The highest BCUT2D eigenvalue weighted by molar-refractivity contribution is 7.92. The quantitative estimate of drug-likeness (QED) is 0.833. The number of hydrogen-bond acceptors (Lipinski definition) is 6. The summed E-state index contributed by atoms with van der Waals surface area (Å²) in [5.41, 5.74) is 0.629. The van der Waals surface area contributed by atoms with Gasteiger partial charge >= 0.3 is 0 Å².